The smallest absolute Gasteiger partial charge is 0.261 e. The van der Waals surface area contributed by atoms with Gasteiger partial charge in [0.25, 0.3) is 5.91 Å². The highest BCUT2D eigenvalue weighted by molar-refractivity contribution is 7.14. The summed E-state index contributed by atoms with van der Waals surface area (Å²) >= 11 is 1.61. The Bertz CT molecular complexity index is 760. The van der Waals surface area contributed by atoms with Crippen molar-refractivity contribution in [3.05, 3.63) is 51.7 Å². The molecular formula is C20H25ClN2O3S. The average molecular weight is 409 g/mol. The number of ether oxygens (including phenoxy) is 2. The predicted molar refractivity (Wildman–Crippen MR) is 109 cm³/mol. The highest BCUT2D eigenvalue weighted by atomic mass is 35.5. The predicted octanol–water partition coefficient (Wildman–Crippen LogP) is 3.13. The van der Waals surface area contributed by atoms with Crippen molar-refractivity contribution in [3.63, 3.8) is 0 Å². The standard InChI is InChI=1S/C20H24N2O3S.ClH/c23-19(22-11-13-24-15-4-2-1-3-5-15)18-14-16-17(26-18)6-12-25-20(16)7-9-21-10-8-20;/h1-5,14,21H,6-13H2,(H,22,23);1H. The number of nitrogens with one attached hydrogen (secondary N) is 2. The van der Waals surface area contributed by atoms with E-state index in [1.807, 2.05) is 30.3 Å². The first kappa shape index (κ1) is 20.1. The fourth-order valence-corrected chi connectivity index (χ4v) is 4.86. The maximum Gasteiger partial charge on any atom is 0.261 e. The molecule has 0 bridgehead atoms. The zero-order chi connectivity index (χ0) is 17.8. The minimum absolute atomic E-state index is 0. The molecule has 3 heterocycles. The molecule has 1 amide bonds. The topological polar surface area (TPSA) is 59.6 Å². The third-order valence-electron chi connectivity index (χ3n) is 5.04. The summed E-state index contributed by atoms with van der Waals surface area (Å²) in [5.74, 6) is 0.795. The van der Waals surface area contributed by atoms with Crippen LogP contribution in [0.2, 0.25) is 0 Å². The van der Waals surface area contributed by atoms with E-state index in [1.54, 1.807) is 11.3 Å². The number of benzene rings is 1. The SMILES string of the molecule is Cl.O=C(NCCOc1ccccc1)c1cc2c(s1)CCOC21CCNCC1. The van der Waals surface area contributed by atoms with Crippen molar-refractivity contribution in [2.75, 3.05) is 32.8 Å². The van der Waals surface area contributed by atoms with Gasteiger partial charge in [-0.1, -0.05) is 18.2 Å². The van der Waals surface area contributed by atoms with Gasteiger partial charge >= 0.3 is 0 Å². The molecule has 2 aliphatic heterocycles. The lowest BCUT2D eigenvalue weighted by atomic mass is 9.83. The zero-order valence-electron chi connectivity index (χ0n) is 15.2. The first-order valence-corrected chi connectivity index (χ1v) is 10.0. The molecule has 7 heteroatoms. The molecule has 1 aromatic carbocycles. The minimum atomic E-state index is -0.190. The number of fused-ring (bicyclic) bond motifs is 2. The van der Waals surface area contributed by atoms with Gasteiger partial charge in [-0.2, -0.15) is 0 Å². The van der Waals surface area contributed by atoms with E-state index in [1.165, 1.54) is 10.4 Å². The van der Waals surface area contributed by atoms with Crippen LogP contribution in [0.4, 0.5) is 0 Å². The number of amides is 1. The first-order valence-electron chi connectivity index (χ1n) is 9.21. The van der Waals surface area contributed by atoms with Crippen LogP contribution in [0.25, 0.3) is 0 Å². The summed E-state index contributed by atoms with van der Waals surface area (Å²) in [6.07, 6.45) is 2.85. The maximum atomic E-state index is 12.5. The van der Waals surface area contributed by atoms with Gasteiger partial charge in [-0.3, -0.25) is 4.79 Å². The number of carbonyl (C=O) groups is 1. The molecule has 2 aliphatic rings. The Morgan fingerprint density at radius 3 is 2.81 bits per heavy atom. The second-order valence-electron chi connectivity index (χ2n) is 6.71. The normalized spacial score (nSPS) is 17.6. The van der Waals surface area contributed by atoms with Gasteiger partial charge in [0.05, 0.1) is 23.6 Å². The number of thiophene rings is 1. The molecule has 0 atom stereocenters. The summed E-state index contributed by atoms with van der Waals surface area (Å²) in [5.41, 5.74) is 1.05. The third kappa shape index (κ3) is 4.46. The molecule has 0 radical (unpaired) electrons. The minimum Gasteiger partial charge on any atom is -0.492 e. The van der Waals surface area contributed by atoms with Crippen molar-refractivity contribution in [1.82, 2.24) is 10.6 Å². The number of hydrogen-bond donors (Lipinski definition) is 2. The van der Waals surface area contributed by atoms with Crippen LogP contribution in [0.1, 0.15) is 33.0 Å². The van der Waals surface area contributed by atoms with E-state index in [-0.39, 0.29) is 23.9 Å². The van der Waals surface area contributed by atoms with E-state index < -0.39 is 0 Å². The number of piperidine rings is 1. The van der Waals surface area contributed by atoms with Gasteiger partial charge in [-0.15, -0.1) is 23.7 Å². The monoisotopic (exact) mass is 408 g/mol. The molecule has 0 aliphatic carbocycles. The Morgan fingerprint density at radius 2 is 2.04 bits per heavy atom. The number of halogens is 1. The number of hydrogen-bond acceptors (Lipinski definition) is 5. The van der Waals surface area contributed by atoms with Crippen LogP contribution in [0.5, 0.6) is 5.75 Å². The van der Waals surface area contributed by atoms with Crippen molar-refractivity contribution in [2.45, 2.75) is 24.9 Å². The molecule has 2 N–H and O–H groups in total. The first-order chi connectivity index (χ1) is 12.8. The molecule has 5 nitrogen and oxygen atoms in total. The molecule has 1 fully saturated rings. The van der Waals surface area contributed by atoms with Crippen molar-refractivity contribution in [1.29, 1.82) is 0 Å². The fourth-order valence-electron chi connectivity index (χ4n) is 3.71. The summed E-state index contributed by atoms with van der Waals surface area (Å²) in [7, 11) is 0. The highest BCUT2D eigenvalue weighted by Crippen LogP contribution is 2.43. The van der Waals surface area contributed by atoms with Gasteiger partial charge in [0.2, 0.25) is 0 Å². The van der Waals surface area contributed by atoms with Crippen LogP contribution in [-0.4, -0.2) is 38.8 Å². The van der Waals surface area contributed by atoms with E-state index in [2.05, 4.69) is 16.7 Å². The van der Waals surface area contributed by atoms with Crippen LogP contribution >= 0.6 is 23.7 Å². The van der Waals surface area contributed by atoms with Crippen molar-refractivity contribution in [3.8, 4) is 5.75 Å². The molecule has 1 aromatic heterocycles. The Balaban J connectivity index is 0.00000210. The molecule has 1 spiro atoms. The Labute approximate surface area is 169 Å². The van der Waals surface area contributed by atoms with Crippen LogP contribution in [-0.2, 0) is 16.8 Å². The van der Waals surface area contributed by atoms with Gasteiger partial charge in [0.1, 0.15) is 12.4 Å². The van der Waals surface area contributed by atoms with Crippen molar-refractivity contribution >= 4 is 29.7 Å². The van der Waals surface area contributed by atoms with Crippen LogP contribution < -0.4 is 15.4 Å². The van der Waals surface area contributed by atoms with Crippen molar-refractivity contribution < 1.29 is 14.3 Å². The highest BCUT2D eigenvalue weighted by Gasteiger charge is 2.40. The summed E-state index contributed by atoms with van der Waals surface area (Å²) in [5, 5.41) is 6.36. The molecular weight excluding hydrogens is 384 g/mol. The molecule has 1 saturated heterocycles. The van der Waals surface area contributed by atoms with E-state index in [0.29, 0.717) is 13.2 Å². The molecule has 4 rings (SSSR count). The summed E-state index contributed by atoms with van der Waals surface area (Å²) < 4.78 is 11.8. The van der Waals surface area contributed by atoms with E-state index in [9.17, 15) is 4.79 Å². The summed E-state index contributed by atoms with van der Waals surface area (Å²) in [6.45, 7) is 3.63. The average Bonchev–Trinajstić information content (AvgIpc) is 3.13. The second-order valence-corrected chi connectivity index (χ2v) is 7.84. The number of para-hydroxylation sites is 1. The molecule has 27 heavy (non-hydrogen) atoms. The summed E-state index contributed by atoms with van der Waals surface area (Å²) in [6, 6.07) is 11.7. The lowest BCUT2D eigenvalue weighted by Gasteiger charge is -2.40. The molecule has 2 aromatic rings. The van der Waals surface area contributed by atoms with Gasteiger partial charge in [0, 0.05) is 11.3 Å². The number of rotatable bonds is 5. The zero-order valence-corrected chi connectivity index (χ0v) is 16.8. The fraction of sp³-hybridized carbons (Fsp3) is 0.450. The molecule has 146 valence electrons. The van der Waals surface area contributed by atoms with Gasteiger partial charge in [-0.05, 0) is 49.7 Å². The maximum absolute atomic E-state index is 12.5. The Hall–Kier alpha value is -1.60. The lowest BCUT2D eigenvalue weighted by Crippen LogP contribution is -2.44. The second kappa shape index (κ2) is 9.06. The molecule has 0 saturated carbocycles. The number of carbonyl (C=O) groups excluding carboxylic acids is 1. The van der Waals surface area contributed by atoms with Crippen LogP contribution in [0.3, 0.4) is 0 Å². The third-order valence-corrected chi connectivity index (χ3v) is 6.24. The van der Waals surface area contributed by atoms with Crippen LogP contribution in [0, 0.1) is 0 Å². The Kier molecular flexibility index (Phi) is 6.76. The van der Waals surface area contributed by atoms with E-state index >= 15 is 0 Å². The van der Waals surface area contributed by atoms with E-state index in [4.69, 9.17) is 9.47 Å². The van der Waals surface area contributed by atoms with Crippen molar-refractivity contribution in [2.24, 2.45) is 0 Å². The largest absolute Gasteiger partial charge is 0.492 e. The van der Waals surface area contributed by atoms with Crippen LogP contribution in [0.15, 0.2) is 36.4 Å². The van der Waals surface area contributed by atoms with Gasteiger partial charge < -0.3 is 20.1 Å². The Morgan fingerprint density at radius 1 is 1.26 bits per heavy atom. The van der Waals surface area contributed by atoms with E-state index in [0.717, 1.165) is 49.6 Å². The van der Waals surface area contributed by atoms with Gasteiger partial charge in [-0.25, -0.2) is 0 Å². The summed E-state index contributed by atoms with van der Waals surface area (Å²) in [4.78, 5) is 14.6. The van der Waals surface area contributed by atoms with Gasteiger partial charge in [0.15, 0.2) is 0 Å². The lowest BCUT2D eigenvalue weighted by molar-refractivity contribution is -0.0792. The molecule has 0 unspecified atom stereocenters. The quantitative estimate of drug-likeness (QED) is 0.746.